The van der Waals surface area contributed by atoms with Crippen molar-refractivity contribution < 1.29 is 23.8 Å². The number of benzene rings is 2. The number of rotatable bonds is 13. The van der Waals surface area contributed by atoms with E-state index in [4.69, 9.17) is 14.2 Å². The molecule has 184 valence electrons. The number of hydrogen-bond acceptors (Lipinski definition) is 6. The van der Waals surface area contributed by atoms with E-state index in [1.807, 2.05) is 42.5 Å². The maximum Gasteiger partial charge on any atom is 0.407 e. The third-order valence-corrected chi connectivity index (χ3v) is 6.39. The molecule has 6 nitrogen and oxygen atoms in total. The molecule has 2 rings (SSSR count). The summed E-state index contributed by atoms with van der Waals surface area (Å²) in [7, 11) is 0. The van der Waals surface area contributed by atoms with Crippen molar-refractivity contribution in [2.75, 3.05) is 25.5 Å². The molecule has 7 heteroatoms. The lowest BCUT2D eigenvalue weighted by atomic mass is 9.90. The average molecular weight is 486 g/mol. The zero-order valence-electron chi connectivity index (χ0n) is 20.4. The first kappa shape index (κ1) is 27.3. The summed E-state index contributed by atoms with van der Waals surface area (Å²) in [5.74, 6) is 1.79. The van der Waals surface area contributed by atoms with Crippen LogP contribution in [0.3, 0.4) is 0 Å². The van der Waals surface area contributed by atoms with Crippen molar-refractivity contribution in [3.05, 3.63) is 72.3 Å². The fraction of sp³-hybridized carbons (Fsp3) is 0.407. The van der Waals surface area contributed by atoms with E-state index in [-0.39, 0.29) is 19.8 Å². The van der Waals surface area contributed by atoms with Crippen molar-refractivity contribution in [2.24, 2.45) is 5.92 Å². The Kier molecular flexibility index (Phi) is 11.5. The second-order valence-corrected chi connectivity index (χ2v) is 9.50. The molecule has 0 saturated carbocycles. The molecule has 0 bridgehead atoms. The van der Waals surface area contributed by atoms with Gasteiger partial charge in [0.05, 0.1) is 6.54 Å². The van der Waals surface area contributed by atoms with Crippen LogP contribution in [0.2, 0.25) is 0 Å². The Labute approximate surface area is 207 Å². The third kappa shape index (κ3) is 9.91. The highest BCUT2D eigenvalue weighted by Crippen LogP contribution is 2.26. The fourth-order valence-electron chi connectivity index (χ4n) is 2.88. The van der Waals surface area contributed by atoms with Crippen LogP contribution in [0.25, 0.3) is 0 Å². The summed E-state index contributed by atoms with van der Waals surface area (Å²) >= 11 is 1.59. The van der Waals surface area contributed by atoms with Gasteiger partial charge in [-0.15, -0.1) is 11.8 Å². The first-order valence-corrected chi connectivity index (χ1v) is 12.4. The summed E-state index contributed by atoms with van der Waals surface area (Å²) in [6.45, 7) is 12.1. The number of thioether (sulfide) groups is 1. The van der Waals surface area contributed by atoms with Crippen LogP contribution in [-0.4, -0.2) is 43.7 Å². The lowest BCUT2D eigenvalue weighted by molar-refractivity contribution is -0.138. The van der Waals surface area contributed by atoms with E-state index in [9.17, 15) is 9.59 Å². The lowest BCUT2D eigenvalue weighted by Crippen LogP contribution is -2.35. The van der Waals surface area contributed by atoms with Gasteiger partial charge in [0.2, 0.25) is 0 Å². The lowest BCUT2D eigenvalue weighted by Gasteiger charge is -2.20. The highest BCUT2D eigenvalue weighted by atomic mass is 32.2. The van der Waals surface area contributed by atoms with Gasteiger partial charge in [-0.05, 0) is 48.6 Å². The molecule has 1 amide bonds. The molecule has 0 spiro atoms. The fourth-order valence-corrected chi connectivity index (χ4v) is 3.77. The first-order chi connectivity index (χ1) is 16.3. The molecule has 0 heterocycles. The van der Waals surface area contributed by atoms with E-state index in [1.54, 1.807) is 18.7 Å². The Morgan fingerprint density at radius 3 is 2.32 bits per heavy atom. The van der Waals surface area contributed by atoms with Gasteiger partial charge < -0.3 is 19.5 Å². The summed E-state index contributed by atoms with van der Waals surface area (Å²) in [4.78, 5) is 24.8. The van der Waals surface area contributed by atoms with Gasteiger partial charge in [0.1, 0.15) is 25.1 Å². The zero-order chi connectivity index (χ0) is 24.9. The monoisotopic (exact) mass is 485 g/mol. The SMILES string of the molecule is C=C(C)C(=O)OCCNC(=O)OC(COc1ccc(C(C)C(C)C)cc1)CSc1ccccc1. The van der Waals surface area contributed by atoms with E-state index >= 15 is 0 Å². The highest BCUT2D eigenvalue weighted by Gasteiger charge is 2.17. The number of hydrogen-bond donors (Lipinski definition) is 1. The Balaban J connectivity index is 1.90. The first-order valence-electron chi connectivity index (χ1n) is 11.4. The standard InChI is InChI=1S/C27H35NO5S/c1-19(2)21(5)22-11-13-23(14-12-22)32-17-24(18-34-25-9-7-6-8-10-25)33-27(30)28-15-16-31-26(29)20(3)4/h6-14,19,21,24H,3,15-18H2,1-2,4-5H3,(H,28,30). The molecule has 0 saturated heterocycles. The van der Waals surface area contributed by atoms with E-state index in [1.165, 1.54) is 5.56 Å². The number of esters is 1. The van der Waals surface area contributed by atoms with Gasteiger partial charge in [0.25, 0.3) is 0 Å². The maximum atomic E-state index is 12.3. The van der Waals surface area contributed by atoms with Crippen molar-refractivity contribution >= 4 is 23.8 Å². The molecule has 0 radical (unpaired) electrons. The molecular weight excluding hydrogens is 450 g/mol. The van der Waals surface area contributed by atoms with Crippen LogP contribution in [0.4, 0.5) is 4.79 Å². The van der Waals surface area contributed by atoms with Gasteiger partial charge in [-0.1, -0.05) is 57.7 Å². The number of carbonyl (C=O) groups is 2. The summed E-state index contributed by atoms with van der Waals surface area (Å²) < 4.78 is 16.5. The largest absolute Gasteiger partial charge is 0.490 e. The Morgan fingerprint density at radius 2 is 1.71 bits per heavy atom. The summed E-state index contributed by atoms with van der Waals surface area (Å²) in [5.41, 5.74) is 1.57. The molecule has 0 aliphatic rings. The van der Waals surface area contributed by atoms with Crippen LogP contribution in [0, 0.1) is 5.92 Å². The van der Waals surface area contributed by atoms with E-state index < -0.39 is 18.2 Å². The van der Waals surface area contributed by atoms with Crippen LogP contribution in [0.1, 0.15) is 39.2 Å². The topological polar surface area (TPSA) is 73.9 Å². The smallest absolute Gasteiger partial charge is 0.407 e. The second-order valence-electron chi connectivity index (χ2n) is 8.41. The van der Waals surface area contributed by atoms with Gasteiger partial charge in [-0.25, -0.2) is 9.59 Å². The van der Waals surface area contributed by atoms with Gasteiger partial charge in [-0.2, -0.15) is 0 Å². The minimum absolute atomic E-state index is 0.0435. The molecule has 2 atom stereocenters. The van der Waals surface area contributed by atoms with Crippen molar-refractivity contribution in [1.29, 1.82) is 0 Å². The summed E-state index contributed by atoms with van der Waals surface area (Å²) in [5, 5.41) is 2.60. The summed E-state index contributed by atoms with van der Waals surface area (Å²) in [6, 6.07) is 18.0. The van der Waals surface area contributed by atoms with Crippen molar-refractivity contribution in [2.45, 2.75) is 44.6 Å². The number of amides is 1. The van der Waals surface area contributed by atoms with Crippen molar-refractivity contribution in [3.63, 3.8) is 0 Å². The van der Waals surface area contributed by atoms with Gasteiger partial charge in [0.15, 0.2) is 0 Å². The number of ether oxygens (including phenoxy) is 3. The molecule has 0 aliphatic heterocycles. The molecule has 2 aromatic rings. The highest BCUT2D eigenvalue weighted by molar-refractivity contribution is 7.99. The molecule has 0 fully saturated rings. The Morgan fingerprint density at radius 1 is 1.03 bits per heavy atom. The van der Waals surface area contributed by atoms with Gasteiger partial charge in [0, 0.05) is 16.2 Å². The third-order valence-electron chi connectivity index (χ3n) is 5.25. The average Bonchev–Trinajstić information content (AvgIpc) is 2.83. The molecule has 2 aromatic carbocycles. The molecular formula is C27H35NO5S. The Hall–Kier alpha value is -2.93. The van der Waals surface area contributed by atoms with Crippen LogP contribution in [-0.2, 0) is 14.3 Å². The number of alkyl carbamates (subject to hydrolysis) is 1. The maximum absolute atomic E-state index is 12.3. The number of carbonyl (C=O) groups excluding carboxylic acids is 2. The normalized spacial score (nSPS) is 12.5. The van der Waals surface area contributed by atoms with Crippen LogP contribution in [0.15, 0.2) is 71.6 Å². The van der Waals surface area contributed by atoms with Crippen molar-refractivity contribution in [1.82, 2.24) is 5.32 Å². The van der Waals surface area contributed by atoms with Gasteiger partial charge >= 0.3 is 12.1 Å². The predicted octanol–water partition coefficient (Wildman–Crippen LogP) is 5.83. The van der Waals surface area contributed by atoms with Crippen LogP contribution >= 0.6 is 11.8 Å². The molecule has 34 heavy (non-hydrogen) atoms. The van der Waals surface area contributed by atoms with Crippen LogP contribution < -0.4 is 10.1 Å². The minimum Gasteiger partial charge on any atom is -0.490 e. The molecule has 0 aromatic heterocycles. The van der Waals surface area contributed by atoms with E-state index in [2.05, 4.69) is 44.8 Å². The molecule has 2 unspecified atom stereocenters. The van der Waals surface area contributed by atoms with Gasteiger partial charge in [-0.3, -0.25) is 0 Å². The summed E-state index contributed by atoms with van der Waals surface area (Å²) in [6.07, 6.45) is -1.06. The predicted molar refractivity (Wildman–Crippen MR) is 136 cm³/mol. The molecule has 0 aliphatic carbocycles. The van der Waals surface area contributed by atoms with E-state index in [0.29, 0.717) is 23.2 Å². The number of nitrogens with one attached hydrogen (secondary N) is 1. The van der Waals surface area contributed by atoms with Crippen LogP contribution in [0.5, 0.6) is 5.75 Å². The molecule has 1 N–H and O–H groups in total. The second kappa shape index (κ2) is 14.4. The zero-order valence-corrected chi connectivity index (χ0v) is 21.2. The minimum atomic E-state index is -0.588. The van der Waals surface area contributed by atoms with Crippen molar-refractivity contribution in [3.8, 4) is 5.75 Å². The van der Waals surface area contributed by atoms with E-state index in [0.717, 1.165) is 10.6 Å². The quantitative estimate of drug-likeness (QED) is 0.166. The Bertz CT molecular complexity index is 914.